The highest BCUT2D eigenvalue weighted by Gasteiger charge is 1.96. The van der Waals surface area contributed by atoms with Gasteiger partial charge in [-0.1, -0.05) is 49.4 Å². The van der Waals surface area contributed by atoms with E-state index in [-0.39, 0.29) is 0 Å². The molecule has 1 aromatic heterocycles. The quantitative estimate of drug-likeness (QED) is 0.824. The smallest absolute Gasteiger partial charge is 0.215 e. The zero-order valence-electron chi connectivity index (χ0n) is 11.8. The summed E-state index contributed by atoms with van der Waals surface area (Å²) in [7, 11) is 0. The van der Waals surface area contributed by atoms with E-state index in [4.69, 9.17) is 4.74 Å². The Morgan fingerprint density at radius 1 is 1.10 bits per heavy atom. The van der Waals surface area contributed by atoms with Gasteiger partial charge in [-0.05, 0) is 24.1 Å². The van der Waals surface area contributed by atoms with Crippen molar-refractivity contribution in [3.63, 3.8) is 0 Å². The molecule has 0 spiro atoms. The molecule has 0 radical (unpaired) electrons. The second kappa shape index (κ2) is 8.00. The van der Waals surface area contributed by atoms with Crippen LogP contribution in [0.4, 0.5) is 5.82 Å². The van der Waals surface area contributed by atoms with Crippen LogP contribution in [0.2, 0.25) is 0 Å². The summed E-state index contributed by atoms with van der Waals surface area (Å²) >= 11 is 0. The first-order valence-corrected chi connectivity index (χ1v) is 6.94. The summed E-state index contributed by atoms with van der Waals surface area (Å²) < 4.78 is 5.61. The third kappa shape index (κ3) is 4.76. The molecular weight excluding hydrogens is 248 g/mol. The Labute approximate surface area is 120 Å². The van der Waals surface area contributed by atoms with Crippen molar-refractivity contribution in [1.82, 2.24) is 4.98 Å². The molecule has 0 atom stereocenters. The van der Waals surface area contributed by atoms with Crippen molar-refractivity contribution in [3.05, 3.63) is 60.2 Å². The first-order valence-electron chi connectivity index (χ1n) is 6.94. The predicted octanol–water partition coefficient (Wildman–Crippen LogP) is 4.00. The van der Waals surface area contributed by atoms with Crippen molar-refractivity contribution in [3.8, 4) is 5.88 Å². The number of aromatic nitrogens is 1. The van der Waals surface area contributed by atoms with Crippen LogP contribution in [0.15, 0.2) is 54.6 Å². The Morgan fingerprint density at radius 3 is 2.75 bits per heavy atom. The highest BCUT2D eigenvalue weighted by molar-refractivity contribution is 5.48. The molecule has 0 aliphatic carbocycles. The van der Waals surface area contributed by atoms with Crippen LogP contribution in [-0.2, 0) is 0 Å². The van der Waals surface area contributed by atoms with Gasteiger partial charge in [-0.15, -0.1) is 0 Å². The van der Waals surface area contributed by atoms with Crippen molar-refractivity contribution in [2.24, 2.45) is 0 Å². The molecule has 0 saturated carbocycles. The summed E-state index contributed by atoms with van der Waals surface area (Å²) in [6, 6.07) is 15.9. The molecule has 20 heavy (non-hydrogen) atoms. The van der Waals surface area contributed by atoms with E-state index in [0.29, 0.717) is 12.5 Å². The molecule has 0 saturated heterocycles. The van der Waals surface area contributed by atoms with E-state index in [0.717, 1.165) is 18.8 Å². The monoisotopic (exact) mass is 268 g/mol. The number of pyridine rings is 1. The maximum absolute atomic E-state index is 5.61. The maximum atomic E-state index is 5.61. The minimum absolute atomic E-state index is 0.513. The minimum Gasteiger partial charge on any atom is -0.473 e. The Bertz CT molecular complexity index is 538. The van der Waals surface area contributed by atoms with Gasteiger partial charge in [0.15, 0.2) is 0 Å². The van der Waals surface area contributed by atoms with Crippen LogP contribution in [-0.4, -0.2) is 18.1 Å². The van der Waals surface area contributed by atoms with Crippen LogP contribution in [0.1, 0.15) is 18.9 Å². The maximum Gasteiger partial charge on any atom is 0.215 e. The average molecular weight is 268 g/mol. The molecule has 0 fully saturated rings. The summed E-state index contributed by atoms with van der Waals surface area (Å²) in [5.74, 6) is 1.50. The summed E-state index contributed by atoms with van der Waals surface area (Å²) in [5, 5.41) is 3.24. The summed E-state index contributed by atoms with van der Waals surface area (Å²) in [4.78, 5) is 4.39. The molecule has 0 aliphatic heterocycles. The number of nitrogens with zero attached hydrogens (tertiary/aromatic N) is 1. The van der Waals surface area contributed by atoms with E-state index in [1.165, 1.54) is 5.56 Å². The lowest BCUT2D eigenvalue weighted by Crippen LogP contribution is -2.03. The van der Waals surface area contributed by atoms with Gasteiger partial charge in [0.05, 0.1) is 0 Å². The first kappa shape index (κ1) is 14.1. The lowest BCUT2D eigenvalue weighted by molar-refractivity contribution is 0.349. The number of hydrogen-bond acceptors (Lipinski definition) is 3. The van der Waals surface area contributed by atoms with Gasteiger partial charge in [0, 0.05) is 12.6 Å². The van der Waals surface area contributed by atoms with Gasteiger partial charge in [-0.3, -0.25) is 0 Å². The minimum atomic E-state index is 0.513. The van der Waals surface area contributed by atoms with E-state index in [9.17, 15) is 0 Å². The number of benzene rings is 1. The molecule has 0 aliphatic rings. The lowest BCUT2D eigenvalue weighted by atomic mass is 10.2. The normalized spacial score (nSPS) is 10.7. The van der Waals surface area contributed by atoms with Crippen LogP contribution < -0.4 is 10.1 Å². The fourth-order valence-electron chi connectivity index (χ4n) is 1.73. The third-order valence-corrected chi connectivity index (χ3v) is 2.72. The molecule has 3 nitrogen and oxygen atoms in total. The highest BCUT2D eigenvalue weighted by Crippen LogP contribution is 2.11. The van der Waals surface area contributed by atoms with Crippen molar-refractivity contribution >= 4 is 11.9 Å². The molecule has 2 rings (SSSR count). The van der Waals surface area contributed by atoms with Crippen molar-refractivity contribution < 1.29 is 4.74 Å². The predicted molar refractivity (Wildman–Crippen MR) is 84.0 cm³/mol. The molecule has 3 heteroatoms. The number of hydrogen-bond donors (Lipinski definition) is 1. The SMILES string of the molecule is CCCNc1cccc(OC/C=C/c2ccccc2)n1. The lowest BCUT2D eigenvalue weighted by Gasteiger charge is -2.06. The average Bonchev–Trinajstić information content (AvgIpc) is 2.51. The van der Waals surface area contributed by atoms with Gasteiger partial charge in [0.25, 0.3) is 0 Å². The molecule has 0 unspecified atom stereocenters. The van der Waals surface area contributed by atoms with Gasteiger partial charge >= 0.3 is 0 Å². The Morgan fingerprint density at radius 2 is 1.95 bits per heavy atom. The van der Waals surface area contributed by atoms with Gasteiger partial charge in [0.2, 0.25) is 5.88 Å². The van der Waals surface area contributed by atoms with Crippen molar-refractivity contribution in [2.75, 3.05) is 18.5 Å². The summed E-state index contributed by atoms with van der Waals surface area (Å²) in [6.45, 7) is 3.56. The van der Waals surface area contributed by atoms with E-state index in [2.05, 4.69) is 29.4 Å². The van der Waals surface area contributed by atoms with Crippen LogP contribution in [0.3, 0.4) is 0 Å². The number of rotatable bonds is 7. The van der Waals surface area contributed by atoms with Crippen LogP contribution >= 0.6 is 0 Å². The van der Waals surface area contributed by atoms with Gasteiger partial charge in [-0.2, -0.15) is 4.98 Å². The van der Waals surface area contributed by atoms with E-state index < -0.39 is 0 Å². The number of anilines is 1. The second-order valence-corrected chi connectivity index (χ2v) is 4.41. The molecular formula is C17H20N2O. The Balaban J connectivity index is 1.83. The fourth-order valence-corrected chi connectivity index (χ4v) is 1.73. The standard InChI is InChI=1S/C17H20N2O/c1-2-13-18-16-11-6-12-17(19-16)20-14-7-10-15-8-4-3-5-9-15/h3-12H,2,13-14H2,1H3,(H,18,19)/b10-7+. The van der Waals surface area contributed by atoms with E-state index >= 15 is 0 Å². The van der Waals surface area contributed by atoms with Crippen molar-refractivity contribution in [1.29, 1.82) is 0 Å². The largest absolute Gasteiger partial charge is 0.473 e. The molecule has 0 amide bonds. The van der Waals surface area contributed by atoms with Gasteiger partial charge < -0.3 is 10.1 Å². The second-order valence-electron chi connectivity index (χ2n) is 4.41. The van der Waals surface area contributed by atoms with Gasteiger partial charge in [0.1, 0.15) is 12.4 Å². The molecule has 1 N–H and O–H groups in total. The van der Waals surface area contributed by atoms with E-state index in [1.807, 2.05) is 48.6 Å². The third-order valence-electron chi connectivity index (χ3n) is 2.72. The van der Waals surface area contributed by atoms with Crippen LogP contribution in [0.25, 0.3) is 6.08 Å². The van der Waals surface area contributed by atoms with Crippen LogP contribution in [0, 0.1) is 0 Å². The Hall–Kier alpha value is -2.29. The van der Waals surface area contributed by atoms with E-state index in [1.54, 1.807) is 0 Å². The molecule has 1 aromatic carbocycles. The molecule has 2 aromatic rings. The van der Waals surface area contributed by atoms with Gasteiger partial charge in [-0.25, -0.2) is 0 Å². The van der Waals surface area contributed by atoms with Crippen LogP contribution in [0.5, 0.6) is 5.88 Å². The molecule has 1 heterocycles. The molecule has 104 valence electrons. The van der Waals surface area contributed by atoms with Crippen molar-refractivity contribution in [2.45, 2.75) is 13.3 Å². The topological polar surface area (TPSA) is 34.1 Å². The fraction of sp³-hybridized carbons (Fsp3) is 0.235. The zero-order valence-corrected chi connectivity index (χ0v) is 11.8. The number of nitrogens with one attached hydrogen (secondary N) is 1. The Kier molecular flexibility index (Phi) is 5.65. The first-order chi connectivity index (χ1) is 9.88. The zero-order chi connectivity index (χ0) is 14.0. The summed E-state index contributed by atoms with van der Waals surface area (Å²) in [5.41, 5.74) is 1.17. The highest BCUT2D eigenvalue weighted by atomic mass is 16.5. The molecule has 0 bridgehead atoms. The number of ether oxygens (including phenoxy) is 1. The summed E-state index contributed by atoms with van der Waals surface area (Å²) in [6.07, 6.45) is 5.11.